The van der Waals surface area contributed by atoms with Gasteiger partial charge < -0.3 is 10.0 Å². The number of piperidine rings is 2. The van der Waals surface area contributed by atoms with Gasteiger partial charge >= 0.3 is 0 Å². The van der Waals surface area contributed by atoms with Crippen molar-refractivity contribution in [2.45, 2.75) is 31.9 Å². The van der Waals surface area contributed by atoms with Crippen molar-refractivity contribution in [3.63, 3.8) is 0 Å². The van der Waals surface area contributed by atoms with Gasteiger partial charge in [0.2, 0.25) is 17.7 Å². The molecule has 2 aliphatic heterocycles. The monoisotopic (exact) mass is 254 g/mol. The Balaban J connectivity index is 2.06. The highest BCUT2D eigenvalue weighted by molar-refractivity contribution is 5.97. The van der Waals surface area contributed by atoms with E-state index in [1.165, 1.54) is 11.9 Å². The fourth-order valence-corrected chi connectivity index (χ4v) is 2.67. The zero-order chi connectivity index (χ0) is 13.4. The maximum atomic E-state index is 11.7. The van der Waals surface area contributed by atoms with Crippen LogP contribution in [-0.4, -0.2) is 53.0 Å². The highest BCUT2D eigenvalue weighted by atomic mass is 16.3. The number of aliphatic hydroxyl groups excluding tert-OH is 1. The summed E-state index contributed by atoms with van der Waals surface area (Å²) in [6.45, 7) is 0. The third-order valence-corrected chi connectivity index (χ3v) is 4.08. The van der Waals surface area contributed by atoms with Crippen molar-refractivity contribution < 1.29 is 19.5 Å². The Morgan fingerprint density at radius 1 is 0.944 bits per heavy atom. The Hall–Kier alpha value is -1.43. The van der Waals surface area contributed by atoms with Crippen molar-refractivity contribution in [1.29, 1.82) is 0 Å². The molecular formula is C12H18N2O4. The largest absolute Gasteiger partial charge is 0.374 e. The number of aliphatic hydroxyl groups is 1. The topological polar surface area (TPSA) is 77.9 Å². The van der Waals surface area contributed by atoms with Gasteiger partial charge in [-0.1, -0.05) is 0 Å². The van der Waals surface area contributed by atoms with Crippen LogP contribution in [0.1, 0.15) is 25.7 Å². The fourth-order valence-electron chi connectivity index (χ4n) is 2.67. The van der Waals surface area contributed by atoms with E-state index in [-0.39, 0.29) is 42.4 Å². The van der Waals surface area contributed by atoms with Gasteiger partial charge in [0, 0.05) is 33.4 Å². The van der Waals surface area contributed by atoms with Gasteiger partial charge in [-0.25, -0.2) is 0 Å². The Labute approximate surface area is 106 Å². The van der Waals surface area contributed by atoms with Crippen molar-refractivity contribution in [1.82, 2.24) is 9.80 Å². The molecule has 2 saturated heterocycles. The van der Waals surface area contributed by atoms with Crippen molar-refractivity contribution >= 4 is 17.7 Å². The molecule has 6 nitrogen and oxygen atoms in total. The van der Waals surface area contributed by atoms with Crippen LogP contribution in [0.25, 0.3) is 0 Å². The molecule has 0 saturated carbocycles. The van der Waals surface area contributed by atoms with E-state index in [1.807, 2.05) is 0 Å². The molecule has 0 bridgehead atoms. The standard InChI is InChI=1S/C12H18N2O4/c1-13-9(15)3-7(4-10(13)16)8-5-11(17)14(2)12(18)6-8/h7-9,15H,3-6H2,1-2H3. The van der Waals surface area contributed by atoms with Crippen LogP contribution in [0.15, 0.2) is 0 Å². The molecule has 6 heteroatoms. The quantitative estimate of drug-likeness (QED) is 0.644. The van der Waals surface area contributed by atoms with E-state index in [4.69, 9.17) is 0 Å². The number of hydrogen-bond donors (Lipinski definition) is 1. The van der Waals surface area contributed by atoms with E-state index in [2.05, 4.69) is 0 Å². The maximum absolute atomic E-state index is 11.7. The van der Waals surface area contributed by atoms with Gasteiger partial charge in [0.15, 0.2) is 0 Å². The molecule has 2 rings (SSSR count). The normalized spacial score (nSPS) is 31.2. The number of hydrogen-bond acceptors (Lipinski definition) is 4. The second-order valence-electron chi connectivity index (χ2n) is 5.20. The van der Waals surface area contributed by atoms with E-state index in [0.29, 0.717) is 12.8 Å². The number of imide groups is 1. The first-order valence-corrected chi connectivity index (χ1v) is 6.13. The fraction of sp³-hybridized carbons (Fsp3) is 0.750. The summed E-state index contributed by atoms with van der Waals surface area (Å²) in [4.78, 5) is 37.4. The number of rotatable bonds is 1. The highest BCUT2D eigenvalue weighted by Crippen LogP contribution is 2.34. The second kappa shape index (κ2) is 4.68. The average Bonchev–Trinajstić information content (AvgIpc) is 2.31. The molecule has 0 aliphatic carbocycles. The maximum Gasteiger partial charge on any atom is 0.229 e. The second-order valence-corrected chi connectivity index (χ2v) is 5.20. The van der Waals surface area contributed by atoms with Crippen LogP contribution in [0.5, 0.6) is 0 Å². The van der Waals surface area contributed by atoms with E-state index in [0.717, 1.165) is 4.90 Å². The SMILES string of the molecule is CN1C(=O)CC(C2CC(=O)N(C)C(O)C2)CC1=O. The van der Waals surface area contributed by atoms with Crippen LogP contribution in [0.3, 0.4) is 0 Å². The molecule has 0 spiro atoms. The van der Waals surface area contributed by atoms with Crippen molar-refractivity contribution in [3.8, 4) is 0 Å². The summed E-state index contributed by atoms with van der Waals surface area (Å²) >= 11 is 0. The summed E-state index contributed by atoms with van der Waals surface area (Å²) in [6.07, 6.45) is 0.522. The Morgan fingerprint density at radius 3 is 1.94 bits per heavy atom. The summed E-state index contributed by atoms with van der Waals surface area (Å²) in [6, 6.07) is 0. The lowest BCUT2D eigenvalue weighted by molar-refractivity contribution is -0.156. The lowest BCUT2D eigenvalue weighted by atomic mass is 9.77. The predicted molar refractivity (Wildman–Crippen MR) is 62.0 cm³/mol. The summed E-state index contributed by atoms with van der Waals surface area (Å²) in [5.41, 5.74) is 0. The number of likely N-dealkylation sites (tertiary alicyclic amines) is 2. The van der Waals surface area contributed by atoms with Gasteiger partial charge in [0.25, 0.3) is 0 Å². The van der Waals surface area contributed by atoms with Gasteiger partial charge in [0.1, 0.15) is 6.23 Å². The third kappa shape index (κ3) is 2.25. The minimum Gasteiger partial charge on any atom is -0.374 e. The number of nitrogens with zero attached hydrogens (tertiary/aromatic N) is 2. The minimum absolute atomic E-state index is 0.0784. The van der Waals surface area contributed by atoms with Crippen LogP contribution in [0.2, 0.25) is 0 Å². The lowest BCUT2D eigenvalue weighted by Gasteiger charge is -2.39. The van der Waals surface area contributed by atoms with E-state index in [9.17, 15) is 19.5 Å². The Kier molecular flexibility index (Phi) is 3.38. The molecule has 0 aromatic carbocycles. The molecule has 1 N–H and O–H groups in total. The molecule has 0 aromatic rings. The molecule has 18 heavy (non-hydrogen) atoms. The van der Waals surface area contributed by atoms with E-state index >= 15 is 0 Å². The minimum atomic E-state index is -0.805. The summed E-state index contributed by atoms with van der Waals surface area (Å²) in [5, 5.41) is 9.76. The zero-order valence-electron chi connectivity index (χ0n) is 10.6. The van der Waals surface area contributed by atoms with Crippen molar-refractivity contribution in [3.05, 3.63) is 0 Å². The van der Waals surface area contributed by atoms with Crippen molar-refractivity contribution in [2.24, 2.45) is 11.8 Å². The van der Waals surface area contributed by atoms with Crippen LogP contribution in [0.4, 0.5) is 0 Å². The third-order valence-electron chi connectivity index (χ3n) is 4.08. The summed E-state index contributed by atoms with van der Waals surface area (Å²) < 4.78 is 0. The molecule has 3 amide bonds. The number of carbonyl (C=O) groups excluding carboxylic acids is 3. The molecule has 2 fully saturated rings. The molecule has 2 heterocycles. The molecule has 2 unspecified atom stereocenters. The molecule has 0 radical (unpaired) electrons. The van der Waals surface area contributed by atoms with Gasteiger partial charge in [0.05, 0.1) is 0 Å². The average molecular weight is 254 g/mol. The van der Waals surface area contributed by atoms with Crippen LogP contribution in [0, 0.1) is 11.8 Å². The molecule has 2 atom stereocenters. The first-order valence-electron chi connectivity index (χ1n) is 6.13. The number of amides is 3. The van der Waals surface area contributed by atoms with Crippen LogP contribution >= 0.6 is 0 Å². The van der Waals surface area contributed by atoms with E-state index in [1.54, 1.807) is 7.05 Å². The lowest BCUT2D eigenvalue weighted by Crippen LogP contribution is -2.48. The van der Waals surface area contributed by atoms with Gasteiger partial charge in [-0.05, 0) is 18.3 Å². The van der Waals surface area contributed by atoms with Gasteiger partial charge in [-0.2, -0.15) is 0 Å². The van der Waals surface area contributed by atoms with Gasteiger partial charge in [-0.3, -0.25) is 19.3 Å². The van der Waals surface area contributed by atoms with Crippen LogP contribution < -0.4 is 0 Å². The van der Waals surface area contributed by atoms with Crippen LogP contribution in [-0.2, 0) is 14.4 Å². The first kappa shape index (κ1) is 13.0. The summed E-state index contributed by atoms with van der Waals surface area (Å²) in [7, 11) is 3.05. The highest BCUT2D eigenvalue weighted by Gasteiger charge is 2.39. The van der Waals surface area contributed by atoms with E-state index < -0.39 is 6.23 Å². The number of carbonyl (C=O) groups is 3. The van der Waals surface area contributed by atoms with Crippen molar-refractivity contribution in [2.75, 3.05) is 14.1 Å². The molecule has 100 valence electrons. The zero-order valence-corrected chi connectivity index (χ0v) is 10.6. The molecular weight excluding hydrogens is 236 g/mol. The summed E-state index contributed by atoms with van der Waals surface area (Å²) in [5.74, 6) is -0.717. The Morgan fingerprint density at radius 2 is 1.44 bits per heavy atom. The Bertz CT molecular complexity index is 378. The molecule has 0 aromatic heterocycles. The first-order chi connectivity index (χ1) is 8.40. The predicted octanol–water partition coefficient (Wildman–Crippen LogP) is -0.432. The van der Waals surface area contributed by atoms with Gasteiger partial charge in [-0.15, -0.1) is 0 Å². The smallest absolute Gasteiger partial charge is 0.229 e. The molecule has 2 aliphatic rings.